The van der Waals surface area contributed by atoms with Gasteiger partial charge in [0.15, 0.2) is 0 Å². The zero-order valence-electron chi connectivity index (χ0n) is 26.9. The van der Waals surface area contributed by atoms with Crippen molar-refractivity contribution in [1.29, 1.82) is 0 Å². The highest BCUT2D eigenvalue weighted by molar-refractivity contribution is 7.92. The van der Waals surface area contributed by atoms with Crippen LogP contribution in [0.4, 0.5) is 5.69 Å². The lowest BCUT2D eigenvalue weighted by molar-refractivity contribution is -0.140. The number of nitrogens with zero attached hydrogens (tertiary/aromatic N) is 2. The minimum Gasteiger partial charge on any atom is -0.352 e. The molecule has 1 aliphatic rings. The van der Waals surface area contributed by atoms with Gasteiger partial charge in [0.25, 0.3) is 10.0 Å². The quantitative estimate of drug-likeness (QED) is 0.192. The first-order valence-corrected chi connectivity index (χ1v) is 17.4. The number of anilines is 1. The van der Waals surface area contributed by atoms with Crippen LogP contribution in [0.5, 0.6) is 0 Å². The summed E-state index contributed by atoms with van der Waals surface area (Å²) in [5.74, 6) is -0.679. The fourth-order valence-corrected chi connectivity index (χ4v) is 7.48. The predicted octanol–water partition coefficient (Wildman–Crippen LogP) is 6.51. The SMILES string of the molecule is Cc1cccc(CN(C(=O)CN(c2ccc(C)c(C)c2)S(=O)(=O)c2ccccc2)[C@@H](Cc2ccccc2)C(=O)NC2CCCC2)c1. The molecule has 0 saturated heterocycles. The van der Waals surface area contributed by atoms with Crippen LogP contribution in [0.15, 0.2) is 108 Å². The smallest absolute Gasteiger partial charge is 0.264 e. The van der Waals surface area contributed by atoms with E-state index in [9.17, 15) is 18.0 Å². The average molecular weight is 638 g/mol. The third-order valence-corrected chi connectivity index (χ3v) is 10.6. The Bertz CT molecular complexity index is 1750. The molecule has 1 N–H and O–H groups in total. The van der Waals surface area contributed by atoms with Crippen molar-refractivity contribution in [3.05, 3.63) is 131 Å². The van der Waals surface area contributed by atoms with Gasteiger partial charge in [-0.2, -0.15) is 0 Å². The molecule has 2 amide bonds. The van der Waals surface area contributed by atoms with Gasteiger partial charge in [0.2, 0.25) is 11.8 Å². The first-order valence-electron chi connectivity index (χ1n) is 16.0. The van der Waals surface area contributed by atoms with Crippen molar-refractivity contribution in [2.75, 3.05) is 10.8 Å². The molecule has 1 fully saturated rings. The van der Waals surface area contributed by atoms with Crippen LogP contribution < -0.4 is 9.62 Å². The van der Waals surface area contributed by atoms with Gasteiger partial charge in [0.1, 0.15) is 12.6 Å². The van der Waals surface area contributed by atoms with Crippen molar-refractivity contribution in [1.82, 2.24) is 10.2 Å². The van der Waals surface area contributed by atoms with Crippen molar-refractivity contribution < 1.29 is 18.0 Å². The summed E-state index contributed by atoms with van der Waals surface area (Å²) in [6.07, 6.45) is 4.23. The van der Waals surface area contributed by atoms with E-state index < -0.39 is 28.5 Å². The van der Waals surface area contributed by atoms with Crippen LogP contribution in [0.1, 0.15) is 53.5 Å². The Kier molecular flexibility index (Phi) is 10.6. The highest BCUT2D eigenvalue weighted by atomic mass is 32.2. The fourth-order valence-electron chi connectivity index (χ4n) is 6.06. The lowest BCUT2D eigenvalue weighted by Crippen LogP contribution is -2.54. The second-order valence-electron chi connectivity index (χ2n) is 12.3. The molecule has 0 aromatic heterocycles. The van der Waals surface area contributed by atoms with Gasteiger partial charge in [0.05, 0.1) is 10.6 Å². The Hall–Kier alpha value is -4.43. The number of carbonyl (C=O) groups excluding carboxylic acids is 2. The normalized spacial score (nSPS) is 14.1. The fraction of sp³-hybridized carbons (Fsp3) is 0.316. The Labute approximate surface area is 273 Å². The Morgan fingerprint density at radius 1 is 0.783 bits per heavy atom. The third-order valence-electron chi connectivity index (χ3n) is 8.80. The maximum atomic E-state index is 14.7. The molecule has 0 bridgehead atoms. The molecule has 7 nitrogen and oxygen atoms in total. The van der Waals surface area contributed by atoms with E-state index >= 15 is 0 Å². The topological polar surface area (TPSA) is 86.8 Å². The van der Waals surface area contributed by atoms with Gasteiger partial charge >= 0.3 is 0 Å². The van der Waals surface area contributed by atoms with Crippen molar-refractivity contribution in [2.45, 2.75) is 76.4 Å². The van der Waals surface area contributed by atoms with Crippen LogP contribution in [0.25, 0.3) is 0 Å². The zero-order valence-corrected chi connectivity index (χ0v) is 27.7. The Morgan fingerprint density at radius 3 is 2.09 bits per heavy atom. The third kappa shape index (κ3) is 8.04. The van der Waals surface area contributed by atoms with E-state index in [2.05, 4.69) is 5.32 Å². The molecule has 46 heavy (non-hydrogen) atoms. The first-order chi connectivity index (χ1) is 22.1. The first kappa shape index (κ1) is 32.9. The lowest BCUT2D eigenvalue weighted by Gasteiger charge is -2.34. The van der Waals surface area contributed by atoms with E-state index in [1.807, 2.05) is 81.4 Å². The predicted molar refractivity (Wildman–Crippen MR) is 183 cm³/mol. The van der Waals surface area contributed by atoms with Gasteiger partial charge in [0, 0.05) is 19.0 Å². The molecule has 0 spiro atoms. The van der Waals surface area contributed by atoms with Crippen LogP contribution >= 0.6 is 0 Å². The number of rotatable bonds is 12. The second-order valence-corrected chi connectivity index (χ2v) is 14.2. The van der Waals surface area contributed by atoms with E-state index in [1.54, 1.807) is 35.2 Å². The second kappa shape index (κ2) is 14.8. The van der Waals surface area contributed by atoms with Crippen molar-refractivity contribution in [3.63, 3.8) is 0 Å². The Morgan fingerprint density at radius 2 is 1.43 bits per heavy atom. The van der Waals surface area contributed by atoms with E-state index in [0.29, 0.717) is 12.1 Å². The van der Waals surface area contributed by atoms with Crippen molar-refractivity contribution >= 4 is 27.5 Å². The monoisotopic (exact) mass is 637 g/mol. The number of benzene rings is 4. The van der Waals surface area contributed by atoms with E-state index in [0.717, 1.165) is 53.5 Å². The van der Waals surface area contributed by atoms with Gasteiger partial charge in [-0.15, -0.1) is 0 Å². The molecule has 0 unspecified atom stereocenters. The number of aryl methyl sites for hydroxylation is 3. The largest absolute Gasteiger partial charge is 0.352 e. The molecule has 5 rings (SSSR count). The minimum absolute atomic E-state index is 0.0622. The number of nitrogens with one attached hydrogen (secondary N) is 1. The van der Waals surface area contributed by atoms with E-state index in [-0.39, 0.29) is 23.4 Å². The van der Waals surface area contributed by atoms with Crippen molar-refractivity contribution in [3.8, 4) is 0 Å². The van der Waals surface area contributed by atoms with Gasteiger partial charge in [-0.3, -0.25) is 13.9 Å². The molecule has 1 aliphatic carbocycles. The summed E-state index contributed by atoms with van der Waals surface area (Å²) in [5, 5.41) is 3.22. The summed E-state index contributed by atoms with van der Waals surface area (Å²) < 4.78 is 29.6. The van der Waals surface area contributed by atoms with Crippen molar-refractivity contribution in [2.24, 2.45) is 0 Å². The summed E-state index contributed by atoms with van der Waals surface area (Å²) in [6.45, 7) is 5.55. The standard InChI is InChI=1S/C38H43N3O4S/c1-28-13-12-16-32(23-28)26-40(36(25-31-14-6-4-7-15-31)38(43)39-33-17-10-11-18-33)37(42)27-41(34-22-21-29(2)30(3)24-34)46(44,45)35-19-8-5-9-20-35/h4-9,12-16,19-24,33,36H,10-11,17-18,25-27H2,1-3H3,(H,39,43)/t36-/m0/s1. The maximum absolute atomic E-state index is 14.7. The number of amides is 2. The number of sulfonamides is 1. The summed E-state index contributed by atoms with van der Waals surface area (Å²) >= 11 is 0. The molecule has 4 aromatic carbocycles. The summed E-state index contributed by atoms with van der Waals surface area (Å²) in [4.78, 5) is 30.4. The van der Waals surface area contributed by atoms with Gasteiger partial charge < -0.3 is 10.2 Å². The number of hydrogen-bond donors (Lipinski definition) is 1. The molecule has 240 valence electrons. The maximum Gasteiger partial charge on any atom is 0.264 e. The van der Waals surface area contributed by atoms with Crippen LogP contribution in [0.2, 0.25) is 0 Å². The molecule has 1 atom stereocenters. The van der Waals surface area contributed by atoms with E-state index in [4.69, 9.17) is 0 Å². The van der Waals surface area contributed by atoms with Gasteiger partial charge in [-0.05, 0) is 80.1 Å². The molecule has 0 heterocycles. The van der Waals surface area contributed by atoms with E-state index in [1.165, 1.54) is 16.4 Å². The molecule has 0 radical (unpaired) electrons. The van der Waals surface area contributed by atoms with Gasteiger partial charge in [-0.25, -0.2) is 8.42 Å². The molecular weight excluding hydrogens is 595 g/mol. The molecule has 1 saturated carbocycles. The van der Waals surface area contributed by atoms with Crippen LogP contribution in [0.3, 0.4) is 0 Å². The number of hydrogen-bond acceptors (Lipinski definition) is 4. The Balaban J connectivity index is 1.57. The number of carbonyl (C=O) groups is 2. The van der Waals surface area contributed by atoms with Crippen LogP contribution in [-0.2, 0) is 32.6 Å². The molecule has 8 heteroatoms. The minimum atomic E-state index is -4.13. The molecule has 4 aromatic rings. The van der Waals surface area contributed by atoms with Gasteiger partial charge in [-0.1, -0.05) is 97.3 Å². The lowest BCUT2D eigenvalue weighted by atomic mass is 10.0. The highest BCUT2D eigenvalue weighted by Gasteiger charge is 2.35. The summed E-state index contributed by atoms with van der Waals surface area (Å²) in [6, 6.07) is 30.3. The molecular formula is C38H43N3O4S. The van der Waals surface area contributed by atoms with Crippen LogP contribution in [0, 0.1) is 20.8 Å². The van der Waals surface area contributed by atoms with Crippen LogP contribution in [-0.4, -0.2) is 43.8 Å². The zero-order chi connectivity index (χ0) is 32.7. The average Bonchev–Trinajstić information content (AvgIpc) is 3.56. The molecule has 0 aliphatic heterocycles. The summed E-state index contributed by atoms with van der Waals surface area (Å²) in [5.41, 5.74) is 5.13. The summed E-state index contributed by atoms with van der Waals surface area (Å²) in [7, 11) is -4.13. The highest BCUT2D eigenvalue weighted by Crippen LogP contribution is 2.27.